The predicted molar refractivity (Wildman–Crippen MR) is 102 cm³/mol. The number of nitrogens with zero attached hydrogens (tertiary/aromatic N) is 1. The van der Waals surface area contributed by atoms with Crippen LogP contribution in [0.25, 0.3) is 0 Å². The molecule has 0 bridgehead atoms. The Morgan fingerprint density at radius 3 is 2.48 bits per heavy atom. The minimum Gasteiger partial charge on any atom is -0.496 e. The zero-order chi connectivity index (χ0) is 17.6. The number of hydrogen-bond acceptors (Lipinski definition) is 3. The number of hydrogen-bond donors (Lipinski definition) is 0. The van der Waals surface area contributed by atoms with E-state index in [2.05, 4.69) is 0 Å². The van der Waals surface area contributed by atoms with E-state index in [-0.39, 0.29) is 5.91 Å². The molecule has 0 fully saturated rings. The number of methoxy groups -OCH3 is 1. The van der Waals surface area contributed by atoms with Gasteiger partial charge in [-0.2, -0.15) is 0 Å². The van der Waals surface area contributed by atoms with Crippen LogP contribution < -0.4 is 4.74 Å². The van der Waals surface area contributed by atoms with Crippen molar-refractivity contribution in [2.75, 3.05) is 7.11 Å². The van der Waals surface area contributed by atoms with Gasteiger partial charge in [-0.3, -0.25) is 4.79 Å². The van der Waals surface area contributed by atoms with E-state index >= 15 is 0 Å². The van der Waals surface area contributed by atoms with E-state index in [1.54, 1.807) is 42.7 Å². The molecule has 0 aliphatic rings. The molecule has 0 aliphatic carbocycles. The molecule has 0 aliphatic heterocycles. The summed E-state index contributed by atoms with van der Waals surface area (Å²) in [6.07, 6.45) is 0. The minimum absolute atomic E-state index is 0.0315. The maximum Gasteiger partial charge on any atom is 0.254 e. The highest BCUT2D eigenvalue weighted by atomic mass is 35.5. The molecule has 1 aromatic heterocycles. The lowest BCUT2D eigenvalue weighted by Gasteiger charge is -2.23. The molecule has 0 saturated carbocycles. The Morgan fingerprint density at radius 2 is 1.80 bits per heavy atom. The Bertz CT molecular complexity index is 831. The van der Waals surface area contributed by atoms with Gasteiger partial charge in [-0.05, 0) is 41.8 Å². The Balaban J connectivity index is 1.89. The summed E-state index contributed by atoms with van der Waals surface area (Å²) in [4.78, 5) is 16.0. The summed E-state index contributed by atoms with van der Waals surface area (Å²) < 4.78 is 5.43. The molecule has 3 rings (SSSR count). The van der Waals surface area contributed by atoms with Crippen molar-refractivity contribution in [3.05, 3.63) is 87.1 Å². The fourth-order valence-electron chi connectivity index (χ4n) is 2.60. The molecular weight excluding hydrogens is 354 g/mol. The quantitative estimate of drug-likeness (QED) is 0.592. The first kappa shape index (κ1) is 17.5. The van der Waals surface area contributed by atoms with E-state index in [1.165, 1.54) is 0 Å². The standard InChI is InChI=1S/C20H18ClNO2S/c1-24-19-7-3-2-5-16(19)13-22(14-18-6-4-12-25-18)20(23)15-8-10-17(21)11-9-15/h2-12H,13-14H2,1H3. The molecule has 0 N–H and O–H groups in total. The first-order chi connectivity index (χ1) is 12.2. The van der Waals surface area contributed by atoms with Crippen LogP contribution in [0.1, 0.15) is 20.8 Å². The van der Waals surface area contributed by atoms with Gasteiger partial charge in [0.1, 0.15) is 5.75 Å². The van der Waals surface area contributed by atoms with Crippen molar-refractivity contribution in [2.24, 2.45) is 0 Å². The largest absolute Gasteiger partial charge is 0.496 e. The second kappa shape index (κ2) is 8.19. The number of carbonyl (C=O) groups excluding carboxylic acids is 1. The van der Waals surface area contributed by atoms with Gasteiger partial charge in [-0.15, -0.1) is 11.3 Å². The number of halogens is 1. The monoisotopic (exact) mass is 371 g/mol. The first-order valence-electron chi connectivity index (χ1n) is 7.86. The molecule has 0 atom stereocenters. The highest BCUT2D eigenvalue weighted by Gasteiger charge is 2.18. The zero-order valence-electron chi connectivity index (χ0n) is 13.8. The van der Waals surface area contributed by atoms with Crippen molar-refractivity contribution >= 4 is 28.8 Å². The molecule has 0 unspecified atom stereocenters. The van der Waals surface area contributed by atoms with Crippen LogP contribution in [-0.2, 0) is 13.1 Å². The van der Waals surface area contributed by atoms with Gasteiger partial charge in [-0.1, -0.05) is 35.9 Å². The van der Waals surface area contributed by atoms with Crippen LogP contribution in [0.4, 0.5) is 0 Å². The molecule has 1 amide bonds. The Kier molecular flexibility index (Phi) is 5.74. The van der Waals surface area contributed by atoms with E-state index in [4.69, 9.17) is 16.3 Å². The van der Waals surface area contributed by atoms with Gasteiger partial charge in [0.15, 0.2) is 0 Å². The van der Waals surface area contributed by atoms with Crippen LogP contribution in [-0.4, -0.2) is 17.9 Å². The maximum absolute atomic E-state index is 13.0. The van der Waals surface area contributed by atoms with E-state index in [0.29, 0.717) is 23.7 Å². The fraction of sp³-hybridized carbons (Fsp3) is 0.150. The van der Waals surface area contributed by atoms with Crippen LogP contribution in [0, 0.1) is 0 Å². The number of para-hydroxylation sites is 1. The molecule has 3 aromatic rings. The molecule has 3 nitrogen and oxygen atoms in total. The molecule has 0 spiro atoms. The highest BCUT2D eigenvalue weighted by Crippen LogP contribution is 2.23. The van der Waals surface area contributed by atoms with Gasteiger partial charge in [0.05, 0.1) is 20.2 Å². The van der Waals surface area contributed by atoms with Crippen LogP contribution in [0.15, 0.2) is 66.0 Å². The van der Waals surface area contributed by atoms with Crippen LogP contribution in [0.2, 0.25) is 5.02 Å². The summed E-state index contributed by atoms with van der Waals surface area (Å²) in [5.74, 6) is 0.749. The minimum atomic E-state index is -0.0315. The number of benzene rings is 2. The van der Waals surface area contributed by atoms with Gasteiger partial charge >= 0.3 is 0 Å². The molecule has 0 radical (unpaired) electrons. The lowest BCUT2D eigenvalue weighted by Crippen LogP contribution is -2.30. The van der Waals surface area contributed by atoms with Crippen molar-refractivity contribution in [1.29, 1.82) is 0 Å². The molecular formula is C20H18ClNO2S. The van der Waals surface area contributed by atoms with Gasteiger partial charge in [0.25, 0.3) is 5.91 Å². The molecule has 1 heterocycles. The summed E-state index contributed by atoms with van der Waals surface area (Å²) in [7, 11) is 1.64. The van der Waals surface area contributed by atoms with E-state index in [1.807, 2.05) is 46.7 Å². The van der Waals surface area contributed by atoms with Gasteiger partial charge in [0, 0.05) is 21.0 Å². The molecule has 128 valence electrons. The lowest BCUT2D eigenvalue weighted by atomic mass is 10.1. The lowest BCUT2D eigenvalue weighted by molar-refractivity contribution is 0.0730. The van der Waals surface area contributed by atoms with E-state index < -0.39 is 0 Å². The second-order valence-electron chi connectivity index (χ2n) is 5.56. The Morgan fingerprint density at radius 1 is 1.04 bits per heavy atom. The molecule has 25 heavy (non-hydrogen) atoms. The van der Waals surface area contributed by atoms with Crippen LogP contribution in [0.3, 0.4) is 0 Å². The average Bonchev–Trinajstić information content (AvgIpc) is 3.15. The van der Waals surface area contributed by atoms with Gasteiger partial charge < -0.3 is 9.64 Å². The van der Waals surface area contributed by atoms with Crippen molar-refractivity contribution in [3.63, 3.8) is 0 Å². The topological polar surface area (TPSA) is 29.5 Å². The summed E-state index contributed by atoms with van der Waals surface area (Å²) in [5.41, 5.74) is 1.60. The summed E-state index contributed by atoms with van der Waals surface area (Å²) in [6.45, 7) is 1.03. The first-order valence-corrected chi connectivity index (χ1v) is 9.12. The van der Waals surface area contributed by atoms with Crippen LogP contribution >= 0.6 is 22.9 Å². The zero-order valence-corrected chi connectivity index (χ0v) is 15.4. The van der Waals surface area contributed by atoms with Crippen molar-refractivity contribution in [3.8, 4) is 5.75 Å². The molecule has 5 heteroatoms. The maximum atomic E-state index is 13.0. The summed E-state index contributed by atoms with van der Waals surface area (Å²) in [6, 6.07) is 18.8. The van der Waals surface area contributed by atoms with Crippen molar-refractivity contribution in [2.45, 2.75) is 13.1 Å². The molecule has 0 saturated heterocycles. The normalized spacial score (nSPS) is 10.5. The summed E-state index contributed by atoms with van der Waals surface area (Å²) >= 11 is 7.58. The number of thiophene rings is 1. The van der Waals surface area contributed by atoms with Crippen molar-refractivity contribution in [1.82, 2.24) is 4.90 Å². The number of carbonyl (C=O) groups is 1. The smallest absolute Gasteiger partial charge is 0.254 e. The SMILES string of the molecule is COc1ccccc1CN(Cc1cccs1)C(=O)c1ccc(Cl)cc1. The number of rotatable bonds is 6. The average molecular weight is 372 g/mol. The number of amides is 1. The van der Waals surface area contributed by atoms with Crippen molar-refractivity contribution < 1.29 is 9.53 Å². The third-order valence-electron chi connectivity index (χ3n) is 3.86. The Hall–Kier alpha value is -2.30. The number of ether oxygens (including phenoxy) is 1. The van der Waals surface area contributed by atoms with E-state index in [0.717, 1.165) is 16.2 Å². The van der Waals surface area contributed by atoms with E-state index in [9.17, 15) is 4.79 Å². The Labute approximate surface area is 156 Å². The highest BCUT2D eigenvalue weighted by molar-refractivity contribution is 7.09. The van der Waals surface area contributed by atoms with Gasteiger partial charge in [-0.25, -0.2) is 0 Å². The summed E-state index contributed by atoms with van der Waals surface area (Å²) in [5, 5.41) is 2.63. The fourth-order valence-corrected chi connectivity index (χ4v) is 3.45. The van der Waals surface area contributed by atoms with Crippen LogP contribution in [0.5, 0.6) is 5.75 Å². The third-order valence-corrected chi connectivity index (χ3v) is 4.97. The third kappa shape index (κ3) is 4.41. The molecule has 2 aromatic carbocycles. The van der Waals surface area contributed by atoms with Gasteiger partial charge in [0.2, 0.25) is 0 Å². The predicted octanol–water partition coefficient (Wildman–Crippen LogP) is 5.25. The second-order valence-corrected chi connectivity index (χ2v) is 7.03.